The Balaban J connectivity index is 1.33. The lowest BCUT2D eigenvalue weighted by Gasteiger charge is -2.55. The lowest BCUT2D eigenvalue weighted by Crippen LogP contribution is -2.65. The molecule has 28 heavy (non-hydrogen) atoms. The van der Waals surface area contributed by atoms with Gasteiger partial charge >= 0.3 is 0 Å². The number of rotatable bonds is 3. The molecule has 0 aromatic carbocycles. The Labute approximate surface area is 166 Å². The number of hydrogen-bond acceptors (Lipinski definition) is 6. The second-order valence-corrected chi connectivity index (χ2v) is 9.06. The normalized spacial score (nSPS) is 32.3. The number of anilines is 1. The van der Waals surface area contributed by atoms with Crippen molar-refractivity contribution in [3.8, 4) is 0 Å². The van der Waals surface area contributed by atoms with Crippen molar-refractivity contribution in [3.05, 3.63) is 17.0 Å². The van der Waals surface area contributed by atoms with Crippen LogP contribution in [0.3, 0.4) is 0 Å². The number of nitrogens with one attached hydrogen (secondary N) is 2. The maximum absolute atomic E-state index is 13.1. The summed E-state index contributed by atoms with van der Waals surface area (Å²) in [6.45, 7) is 4.10. The summed E-state index contributed by atoms with van der Waals surface area (Å²) in [5, 5.41) is 6.87. The van der Waals surface area contributed by atoms with E-state index in [0.717, 1.165) is 55.9 Å². The first-order valence-electron chi connectivity index (χ1n) is 11.1. The predicted molar refractivity (Wildman–Crippen MR) is 108 cm³/mol. The van der Waals surface area contributed by atoms with Crippen LogP contribution in [0.1, 0.15) is 60.3 Å². The fourth-order valence-corrected chi connectivity index (χ4v) is 6.13. The Kier molecular flexibility index (Phi) is 4.97. The van der Waals surface area contributed by atoms with Crippen molar-refractivity contribution in [2.24, 2.45) is 11.8 Å². The van der Waals surface area contributed by atoms with Crippen LogP contribution in [0, 0.1) is 11.8 Å². The molecule has 3 saturated heterocycles. The zero-order chi connectivity index (χ0) is 19.1. The van der Waals surface area contributed by atoms with E-state index in [4.69, 9.17) is 5.73 Å². The van der Waals surface area contributed by atoms with E-state index in [0.29, 0.717) is 30.2 Å². The number of aromatic nitrogens is 2. The van der Waals surface area contributed by atoms with Gasteiger partial charge in [-0.25, -0.2) is 9.97 Å². The molecule has 7 heteroatoms. The van der Waals surface area contributed by atoms with Crippen molar-refractivity contribution in [3.63, 3.8) is 0 Å². The van der Waals surface area contributed by atoms with Crippen LogP contribution in [-0.4, -0.2) is 59.0 Å². The van der Waals surface area contributed by atoms with E-state index in [2.05, 4.69) is 25.5 Å². The fourth-order valence-electron chi connectivity index (χ4n) is 6.13. The van der Waals surface area contributed by atoms with E-state index in [1.54, 1.807) is 0 Å². The van der Waals surface area contributed by atoms with Gasteiger partial charge in [-0.1, -0.05) is 6.42 Å². The molecule has 4 N–H and O–H groups in total. The SMILES string of the molecule is Nc1nc2c(c(C(=O)NC[C@H]3[C@@H]4CNC[C@@H](C4)[C@@H]4CCCCN43)n1)CCCC2. The third-order valence-electron chi connectivity index (χ3n) is 7.41. The first-order chi connectivity index (χ1) is 13.7. The molecular formula is C21H32N6O. The minimum absolute atomic E-state index is 0.0771. The predicted octanol–water partition coefficient (Wildman–Crippen LogP) is 1.13. The number of piperidine rings is 3. The Bertz CT molecular complexity index is 753. The summed E-state index contributed by atoms with van der Waals surface area (Å²) < 4.78 is 0. The number of carbonyl (C=O) groups is 1. The van der Waals surface area contributed by atoms with Gasteiger partial charge in [0.25, 0.3) is 5.91 Å². The zero-order valence-electron chi connectivity index (χ0n) is 16.6. The van der Waals surface area contributed by atoms with Gasteiger partial charge in [-0.3, -0.25) is 9.69 Å². The molecule has 2 bridgehead atoms. The summed E-state index contributed by atoms with van der Waals surface area (Å²) in [4.78, 5) is 24.5. The van der Waals surface area contributed by atoms with Gasteiger partial charge < -0.3 is 16.4 Å². The standard InChI is InChI=1S/C21H32N6O/c22-21-25-16-6-2-1-5-15(16)19(26-21)20(28)24-12-18-14-9-13(10-23-11-14)17-7-3-4-8-27(17)18/h13-14,17-18,23H,1-12H2,(H,24,28)(H2,22,25,26)/t13-,14+,17+,18+/m1/s1. The van der Waals surface area contributed by atoms with Crippen LogP contribution in [0.2, 0.25) is 0 Å². The number of nitrogens with two attached hydrogens (primary N) is 1. The molecule has 152 valence electrons. The van der Waals surface area contributed by atoms with E-state index in [-0.39, 0.29) is 11.9 Å². The molecule has 3 aliphatic heterocycles. The van der Waals surface area contributed by atoms with Gasteiger partial charge in [0.15, 0.2) is 0 Å². The quantitative estimate of drug-likeness (QED) is 0.723. The highest BCUT2D eigenvalue weighted by molar-refractivity contribution is 5.94. The van der Waals surface area contributed by atoms with E-state index < -0.39 is 0 Å². The highest BCUT2D eigenvalue weighted by Gasteiger charge is 2.45. The summed E-state index contributed by atoms with van der Waals surface area (Å²) >= 11 is 0. The van der Waals surface area contributed by atoms with Crippen LogP contribution in [0.4, 0.5) is 5.95 Å². The summed E-state index contributed by atoms with van der Waals surface area (Å²) in [5.41, 5.74) is 8.38. The molecule has 3 fully saturated rings. The maximum atomic E-state index is 13.1. The molecule has 7 nitrogen and oxygen atoms in total. The number of nitrogens with zero attached hydrogens (tertiary/aromatic N) is 3. The van der Waals surface area contributed by atoms with E-state index >= 15 is 0 Å². The summed E-state index contributed by atoms with van der Waals surface area (Å²) in [7, 11) is 0. The highest BCUT2D eigenvalue weighted by Crippen LogP contribution is 2.38. The van der Waals surface area contributed by atoms with Crippen LogP contribution >= 0.6 is 0 Å². The first kappa shape index (κ1) is 18.3. The maximum Gasteiger partial charge on any atom is 0.270 e. The Morgan fingerprint density at radius 2 is 2.00 bits per heavy atom. The minimum atomic E-state index is -0.0771. The van der Waals surface area contributed by atoms with Crippen molar-refractivity contribution in [2.45, 2.75) is 63.5 Å². The molecule has 0 unspecified atom stereocenters. The van der Waals surface area contributed by atoms with Gasteiger partial charge in [0.05, 0.1) is 0 Å². The van der Waals surface area contributed by atoms with Crippen LogP contribution < -0.4 is 16.4 Å². The Hall–Kier alpha value is -1.73. The second-order valence-electron chi connectivity index (χ2n) is 9.06. The molecular weight excluding hydrogens is 352 g/mol. The lowest BCUT2D eigenvalue weighted by atomic mass is 9.73. The molecule has 0 radical (unpaired) electrons. The molecule has 1 aliphatic carbocycles. The molecule has 0 saturated carbocycles. The zero-order valence-corrected chi connectivity index (χ0v) is 16.6. The van der Waals surface area contributed by atoms with Gasteiger partial charge in [-0.2, -0.15) is 0 Å². The van der Waals surface area contributed by atoms with Crippen LogP contribution in [0.25, 0.3) is 0 Å². The molecule has 0 spiro atoms. The van der Waals surface area contributed by atoms with Crippen molar-refractivity contribution in [1.29, 1.82) is 0 Å². The van der Waals surface area contributed by atoms with E-state index in [9.17, 15) is 4.79 Å². The number of aryl methyl sites for hydroxylation is 1. The number of carbonyl (C=O) groups excluding carboxylic acids is 1. The minimum Gasteiger partial charge on any atom is -0.368 e. The molecule has 1 amide bonds. The Morgan fingerprint density at radius 1 is 1.14 bits per heavy atom. The number of nitrogen functional groups attached to an aromatic ring is 1. The highest BCUT2D eigenvalue weighted by atomic mass is 16.1. The van der Waals surface area contributed by atoms with Gasteiger partial charge in [0.2, 0.25) is 5.95 Å². The molecule has 4 heterocycles. The fraction of sp³-hybridized carbons (Fsp3) is 0.762. The van der Waals surface area contributed by atoms with Gasteiger partial charge in [0, 0.05) is 29.9 Å². The largest absolute Gasteiger partial charge is 0.368 e. The third-order valence-corrected chi connectivity index (χ3v) is 7.41. The lowest BCUT2D eigenvalue weighted by molar-refractivity contribution is -0.0371. The van der Waals surface area contributed by atoms with Crippen molar-refractivity contribution in [2.75, 3.05) is 31.9 Å². The summed E-state index contributed by atoms with van der Waals surface area (Å²) in [6.07, 6.45) is 9.20. The number of amides is 1. The average molecular weight is 385 g/mol. The number of fused-ring (bicyclic) bond motifs is 5. The van der Waals surface area contributed by atoms with Crippen molar-refractivity contribution >= 4 is 11.9 Å². The third kappa shape index (κ3) is 3.28. The molecule has 4 atom stereocenters. The van der Waals surface area contributed by atoms with Gasteiger partial charge in [-0.15, -0.1) is 0 Å². The van der Waals surface area contributed by atoms with Gasteiger partial charge in [0.1, 0.15) is 5.69 Å². The van der Waals surface area contributed by atoms with Gasteiger partial charge in [-0.05, 0) is 76.4 Å². The first-order valence-corrected chi connectivity index (χ1v) is 11.1. The molecule has 5 rings (SSSR count). The molecule has 4 aliphatic rings. The molecule has 1 aromatic heterocycles. The van der Waals surface area contributed by atoms with Crippen molar-refractivity contribution < 1.29 is 4.79 Å². The van der Waals surface area contributed by atoms with Crippen LogP contribution in [-0.2, 0) is 12.8 Å². The van der Waals surface area contributed by atoms with Crippen LogP contribution in [0.5, 0.6) is 0 Å². The van der Waals surface area contributed by atoms with E-state index in [1.165, 1.54) is 32.2 Å². The molecule has 1 aromatic rings. The van der Waals surface area contributed by atoms with Crippen molar-refractivity contribution in [1.82, 2.24) is 25.5 Å². The van der Waals surface area contributed by atoms with E-state index in [1.807, 2.05) is 0 Å². The monoisotopic (exact) mass is 384 g/mol. The smallest absolute Gasteiger partial charge is 0.270 e. The Morgan fingerprint density at radius 3 is 2.93 bits per heavy atom. The topological polar surface area (TPSA) is 96.2 Å². The summed E-state index contributed by atoms with van der Waals surface area (Å²) in [6, 6.07) is 1.11. The summed E-state index contributed by atoms with van der Waals surface area (Å²) in [5.74, 6) is 1.54. The number of hydrogen-bond donors (Lipinski definition) is 3. The second kappa shape index (κ2) is 7.59. The van der Waals surface area contributed by atoms with Crippen LogP contribution in [0.15, 0.2) is 0 Å². The average Bonchev–Trinajstić information content (AvgIpc) is 2.73.